The number of hydrogen-bond donors (Lipinski definition) is 3. The second kappa shape index (κ2) is 10.8. The largest absolute Gasteiger partial charge is 0.493 e. The van der Waals surface area contributed by atoms with Crippen molar-refractivity contribution in [3.63, 3.8) is 0 Å². The van der Waals surface area contributed by atoms with Gasteiger partial charge in [0.1, 0.15) is 5.75 Å². The summed E-state index contributed by atoms with van der Waals surface area (Å²) in [7, 11) is 1.33. The van der Waals surface area contributed by atoms with Crippen LogP contribution in [-0.4, -0.2) is 55.4 Å². The van der Waals surface area contributed by atoms with E-state index in [0.717, 1.165) is 43.4 Å². The molecule has 0 spiro atoms. The Morgan fingerprint density at radius 3 is 2.76 bits per heavy atom. The van der Waals surface area contributed by atoms with E-state index in [2.05, 4.69) is 10.6 Å². The third-order valence-electron chi connectivity index (χ3n) is 6.49. The molecule has 0 saturated carbocycles. The molecule has 7 nitrogen and oxygen atoms in total. The van der Waals surface area contributed by atoms with Crippen molar-refractivity contribution in [2.24, 2.45) is 0 Å². The highest BCUT2D eigenvalue weighted by Crippen LogP contribution is 2.30. The van der Waals surface area contributed by atoms with Crippen LogP contribution in [0.3, 0.4) is 0 Å². The van der Waals surface area contributed by atoms with E-state index in [9.17, 15) is 14.7 Å². The van der Waals surface area contributed by atoms with E-state index in [1.807, 2.05) is 30.3 Å². The number of nitrogens with one attached hydrogen (secondary N) is 2. The average molecular weight is 453 g/mol. The zero-order valence-electron chi connectivity index (χ0n) is 19.0. The normalized spacial score (nSPS) is 19.5. The van der Waals surface area contributed by atoms with Gasteiger partial charge in [-0.25, -0.2) is 4.79 Å². The van der Waals surface area contributed by atoms with Gasteiger partial charge in [0, 0.05) is 17.2 Å². The zero-order chi connectivity index (χ0) is 23.2. The number of rotatable bonds is 7. The van der Waals surface area contributed by atoms with E-state index in [1.54, 1.807) is 12.1 Å². The van der Waals surface area contributed by atoms with E-state index in [4.69, 9.17) is 9.47 Å². The maximum atomic E-state index is 13.3. The lowest BCUT2D eigenvalue weighted by molar-refractivity contribution is 0.0599. The van der Waals surface area contributed by atoms with Gasteiger partial charge in [-0.05, 0) is 62.8 Å². The van der Waals surface area contributed by atoms with Crippen molar-refractivity contribution in [3.05, 3.63) is 64.7 Å². The van der Waals surface area contributed by atoms with Crippen molar-refractivity contribution < 1.29 is 24.2 Å². The Balaban J connectivity index is 1.61. The molecular formula is C26H32N2O5. The number of carbonyl (C=O) groups is 2. The fourth-order valence-corrected chi connectivity index (χ4v) is 4.70. The van der Waals surface area contributed by atoms with Crippen molar-refractivity contribution in [2.45, 2.75) is 56.7 Å². The third kappa shape index (κ3) is 5.54. The lowest BCUT2D eigenvalue weighted by Gasteiger charge is -2.29. The number of esters is 1. The van der Waals surface area contributed by atoms with E-state index in [1.165, 1.54) is 7.11 Å². The van der Waals surface area contributed by atoms with Gasteiger partial charge in [-0.1, -0.05) is 30.3 Å². The SMILES string of the molecule is COC(=O)c1cc(C(=O)NC(Cc2ccccc2)C(O)C2CCCN2)cc2c1CCCCO2. The summed E-state index contributed by atoms with van der Waals surface area (Å²) in [6.45, 7) is 1.40. The highest BCUT2D eigenvalue weighted by molar-refractivity contribution is 5.99. The number of aliphatic hydroxyl groups excluding tert-OH is 1. The number of methoxy groups -OCH3 is 1. The molecular weight excluding hydrogens is 420 g/mol. The maximum Gasteiger partial charge on any atom is 0.338 e. The van der Waals surface area contributed by atoms with Crippen LogP contribution in [0.25, 0.3) is 0 Å². The van der Waals surface area contributed by atoms with Gasteiger partial charge in [-0.15, -0.1) is 0 Å². The van der Waals surface area contributed by atoms with Gasteiger partial charge >= 0.3 is 5.97 Å². The molecule has 2 heterocycles. The van der Waals surface area contributed by atoms with Gasteiger partial charge in [0.05, 0.1) is 31.4 Å². The first-order valence-corrected chi connectivity index (χ1v) is 11.7. The Bertz CT molecular complexity index is 972. The predicted octanol–water partition coefficient (Wildman–Crippen LogP) is 2.64. The third-order valence-corrected chi connectivity index (χ3v) is 6.49. The summed E-state index contributed by atoms with van der Waals surface area (Å²) < 4.78 is 10.8. The number of fused-ring (bicyclic) bond motifs is 1. The van der Waals surface area contributed by atoms with Crippen molar-refractivity contribution in [1.82, 2.24) is 10.6 Å². The zero-order valence-corrected chi connectivity index (χ0v) is 19.0. The van der Waals surface area contributed by atoms with Gasteiger partial charge < -0.3 is 25.2 Å². The molecule has 4 rings (SSSR count). The van der Waals surface area contributed by atoms with Crippen molar-refractivity contribution in [2.75, 3.05) is 20.3 Å². The highest BCUT2D eigenvalue weighted by Gasteiger charge is 2.32. The lowest BCUT2D eigenvalue weighted by atomic mass is 9.94. The van der Waals surface area contributed by atoms with E-state index < -0.39 is 18.1 Å². The number of aliphatic hydroxyl groups is 1. The van der Waals surface area contributed by atoms with Gasteiger partial charge in [0.15, 0.2) is 0 Å². The van der Waals surface area contributed by atoms with Crippen molar-refractivity contribution in [1.29, 1.82) is 0 Å². The summed E-state index contributed by atoms with van der Waals surface area (Å²) in [4.78, 5) is 25.8. The van der Waals surface area contributed by atoms with Crippen LogP contribution in [0.4, 0.5) is 0 Å². The highest BCUT2D eigenvalue weighted by atomic mass is 16.5. The molecule has 7 heteroatoms. The summed E-state index contributed by atoms with van der Waals surface area (Å²) in [5.41, 5.74) is 2.49. The Morgan fingerprint density at radius 1 is 1.21 bits per heavy atom. The molecule has 3 unspecified atom stereocenters. The van der Waals surface area contributed by atoms with Crippen molar-refractivity contribution >= 4 is 11.9 Å². The summed E-state index contributed by atoms with van der Waals surface area (Å²) >= 11 is 0. The number of ether oxygens (including phenoxy) is 2. The summed E-state index contributed by atoms with van der Waals surface area (Å²) in [6.07, 6.45) is 4.11. The lowest BCUT2D eigenvalue weighted by Crippen LogP contribution is -2.52. The van der Waals surface area contributed by atoms with Crippen LogP contribution in [0.1, 0.15) is 57.5 Å². The monoisotopic (exact) mass is 452 g/mol. The molecule has 1 fully saturated rings. The predicted molar refractivity (Wildman–Crippen MR) is 125 cm³/mol. The fourth-order valence-electron chi connectivity index (χ4n) is 4.70. The van der Waals surface area contributed by atoms with Crippen molar-refractivity contribution in [3.8, 4) is 5.75 Å². The molecule has 33 heavy (non-hydrogen) atoms. The quantitative estimate of drug-likeness (QED) is 0.559. The Hall–Kier alpha value is -2.90. The first-order valence-electron chi connectivity index (χ1n) is 11.7. The molecule has 2 aliphatic heterocycles. The van der Waals surface area contributed by atoms with Crippen LogP contribution in [0.5, 0.6) is 5.75 Å². The molecule has 3 N–H and O–H groups in total. The standard InChI is InChI=1S/C26H32N2O5/c1-32-26(31)20-15-18(16-23-19(20)10-5-6-13-33-23)25(30)28-22(14-17-8-3-2-4-9-17)24(29)21-11-7-12-27-21/h2-4,8-9,15-16,21-22,24,27,29H,5-7,10-14H2,1H3,(H,28,30). The molecule has 2 aromatic rings. The second-order valence-corrected chi connectivity index (χ2v) is 8.76. The molecule has 1 amide bonds. The summed E-state index contributed by atoms with van der Waals surface area (Å²) in [5.74, 6) is -0.283. The number of benzene rings is 2. The number of hydrogen-bond acceptors (Lipinski definition) is 6. The number of amides is 1. The van der Waals surface area contributed by atoms with Gasteiger partial charge in [0.25, 0.3) is 5.91 Å². The first-order chi connectivity index (χ1) is 16.1. The van der Waals surface area contributed by atoms with E-state index >= 15 is 0 Å². The Morgan fingerprint density at radius 2 is 2.03 bits per heavy atom. The van der Waals surface area contributed by atoms with Gasteiger partial charge in [0.2, 0.25) is 0 Å². The van der Waals surface area contributed by atoms with E-state index in [0.29, 0.717) is 36.3 Å². The van der Waals surface area contributed by atoms with Gasteiger partial charge in [-0.2, -0.15) is 0 Å². The molecule has 0 radical (unpaired) electrons. The summed E-state index contributed by atoms with van der Waals surface area (Å²) in [6, 6.07) is 12.5. The smallest absolute Gasteiger partial charge is 0.338 e. The van der Waals surface area contributed by atoms with Crippen LogP contribution in [0, 0.1) is 0 Å². The van der Waals surface area contributed by atoms with Crippen LogP contribution in [0.2, 0.25) is 0 Å². The Kier molecular flexibility index (Phi) is 7.62. The fraction of sp³-hybridized carbons (Fsp3) is 0.462. The summed E-state index contributed by atoms with van der Waals surface area (Å²) in [5, 5.41) is 17.5. The second-order valence-electron chi connectivity index (χ2n) is 8.76. The molecule has 0 aliphatic carbocycles. The topological polar surface area (TPSA) is 96.9 Å². The minimum atomic E-state index is -0.742. The molecule has 1 saturated heterocycles. The molecule has 2 aliphatic rings. The average Bonchev–Trinajstić information content (AvgIpc) is 3.28. The molecule has 176 valence electrons. The molecule has 0 aromatic heterocycles. The minimum absolute atomic E-state index is 0.0694. The van der Waals surface area contributed by atoms with Crippen LogP contribution in [-0.2, 0) is 17.6 Å². The molecule has 3 atom stereocenters. The van der Waals surface area contributed by atoms with Gasteiger partial charge in [-0.3, -0.25) is 4.79 Å². The molecule has 0 bridgehead atoms. The number of carbonyl (C=O) groups excluding carboxylic acids is 2. The van der Waals surface area contributed by atoms with Crippen LogP contribution < -0.4 is 15.4 Å². The van der Waals surface area contributed by atoms with Crippen LogP contribution in [0.15, 0.2) is 42.5 Å². The molecule has 2 aromatic carbocycles. The van der Waals surface area contributed by atoms with Crippen LogP contribution >= 0.6 is 0 Å². The van der Waals surface area contributed by atoms with E-state index in [-0.39, 0.29) is 11.9 Å². The first kappa shape index (κ1) is 23.3. The minimum Gasteiger partial charge on any atom is -0.493 e. The Labute approximate surface area is 194 Å². The maximum absolute atomic E-state index is 13.3.